The van der Waals surface area contributed by atoms with Crippen LogP contribution in [-0.2, 0) is 4.79 Å². The van der Waals surface area contributed by atoms with Crippen molar-refractivity contribution >= 4 is 23.2 Å². The highest BCUT2D eigenvalue weighted by Crippen LogP contribution is 2.25. The molecule has 1 atom stereocenters. The molecule has 17 heavy (non-hydrogen) atoms. The van der Waals surface area contributed by atoms with Crippen molar-refractivity contribution in [1.82, 2.24) is 5.32 Å². The zero-order valence-corrected chi connectivity index (χ0v) is 10.1. The fraction of sp³-hybridized carbons (Fsp3) is 0.417. The number of piperidine rings is 1. The Morgan fingerprint density at radius 1 is 1.53 bits per heavy atom. The van der Waals surface area contributed by atoms with E-state index < -0.39 is 5.82 Å². The first kappa shape index (κ1) is 12.3. The lowest BCUT2D eigenvalue weighted by atomic mass is 9.99. The van der Waals surface area contributed by atoms with E-state index in [0.29, 0.717) is 12.2 Å². The lowest BCUT2D eigenvalue weighted by Crippen LogP contribution is -2.37. The summed E-state index contributed by atoms with van der Waals surface area (Å²) in [4.78, 5) is 11.9. The number of hydrogen-bond donors (Lipinski definition) is 2. The zero-order chi connectivity index (χ0) is 12.3. The molecule has 1 heterocycles. The van der Waals surface area contributed by atoms with Crippen LogP contribution in [0.25, 0.3) is 0 Å². The highest BCUT2D eigenvalue weighted by Gasteiger charge is 2.21. The number of nitrogens with one attached hydrogen (secondary N) is 2. The Hall–Kier alpha value is -1.13. The minimum absolute atomic E-state index is 0.0374. The van der Waals surface area contributed by atoms with E-state index in [1.165, 1.54) is 12.1 Å². The Morgan fingerprint density at radius 2 is 2.35 bits per heavy atom. The van der Waals surface area contributed by atoms with Crippen LogP contribution in [0.15, 0.2) is 18.2 Å². The molecule has 0 radical (unpaired) electrons. The second kappa shape index (κ2) is 5.47. The van der Waals surface area contributed by atoms with Crippen molar-refractivity contribution in [1.29, 1.82) is 0 Å². The van der Waals surface area contributed by atoms with Gasteiger partial charge in [-0.3, -0.25) is 4.79 Å². The quantitative estimate of drug-likeness (QED) is 0.853. The van der Waals surface area contributed by atoms with Crippen LogP contribution in [0.2, 0.25) is 5.02 Å². The normalized spacial score (nSPS) is 20.0. The lowest BCUT2D eigenvalue weighted by Gasteiger charge is -2.22. The standard InChI is InChI=1S/C12H14ClFN2O/c13-11-9(14)4-1-5-10(11)16-12(17)8-3-2-6-15-7-8/h1,4-5,8,15H,2-3,6-7H2,(H,16,17)/t8-/m0/s1. The maximum absolute atomic E-state index is 13.2. The van der Waals surface area contributed by atoms with Crippen molar-refractivity contribution in [2.24, 2.45) is 5.92 Å². The predicted octanol–water partition coefficient (Wildman–Crippen LogP) is 2.42. The number of carbonyl (C=O) groups is 1. The first-order valence-electron chi connectivity index (χ1n) is 5.64. The van der Waals surface area contributed by atoms with Gasteiger partial charge in [-0.1, -0.05) is 17.7 Å². The fourth-order valence-corrected chi connectivity index (χ4v) is 2.08. The summed E-state index contributed by atoms with van der Waals surface area (Å²) in [6.07, 6.45) is 1.83. The van der Waals surface area contributed by atoms with E-state index >= 15 is 0 Å². The molecule has 0 spiro atoms. The van der Waals surface area contributed by atoms with Gasteiger partial charge in [-0.05, 0) is 31.5 Å². The van der Waals surface area contributed by atoms with E-state index in [-0.39, 0.29) is 16.8 Å². The second-order valence-electron chi connectivity index (χ2n) is 4.13. The highest BCUT2D eigenvalue weighted by atomic mass is 35.5. The number of halogens is 2. The highest BCUT2D eigenvalue weighted by molar-refractivity contribution is 6.33. The average molecular weight is 257 g/mol. The first-order chi connectivity index (χ1) is 8.18. The van der Waals surface area contributed by atoms with Gasteiger partial charge in [0.2, 0.25) is 5.91 Å². The smallest absolute Gasteiger partial charge is 0.228 e. The van der Waals surface area contributed by atoms with Crippen LogP contribution in [0, 0.1) is 11.7 Å². The lowest BCUT2D eigenvalue weighted by molar-refractivity contribution is -0.120. The maximum Gasteiger partial charge on any atom is 0.228 e. The number of benzene rings is 1. The van der Waals surface area contributed by atoms with E-state index in [1.807, 2.05) is 0 Å². The molecular formula is C12H14ClFN2O. The molecule has 92 valence electrons. The Bertz CT molecular complexity index is 419. The summed E-state index contributed by atoms with van der Waals surface area (Å²) >= 11 is 5.77. The van der Waals surface area contributed by atoms with Crippen LogP contribution in [0.3, 0.4) is 0 Å². The van der Waals surface area contributed by atoms with Crippen LogP contribution in [-0.4, -0.2) is 19.0 Å². The van der Waals surface area contributed by atoms with Gasteiger partial charge in [0.05, 0.1) is 16.6 Å². The number of rotatable bonds is 2. The summed E-state index contributed by atoms with van der Waals surface area (Å²) in [6, 6.07) is 4.38. The van der Waals surface area contributed by atoms with Crippen molar-refractivity contribution < 1.29 is 9.18 Å². The third-order valence-electron chi connectivity index (χ3n) is 2.88. The molecule has 0 aromatic heterocycles. The van der Waals surface area contributed by atoms with Gasteiger partial charge in [-0.2, -0.15) is 0 Å². The maximum atomic E-state index is 13.2. The molecule has 0 unspecified atom stereocenters. The molecule has 2 N–H and O–H groups in total. The SMILES string of the molecule is O=C(Nc1cccc(F)c1Cl)[C@H]1CCCNC1. The summed E-state index contributed by atoms with van der Waals surface area (Å²) in [6.45, 7) is 1.61. The minimum atomic E-state index is -0.522. The van der Waals surface area contributed by atoms with Gasteiger partial charge in [0.1, 0.15) is 5.82 Å². The molecule has 1 aliphatic heterocycles. The van der Waals surface area contributed by atoms with Gasteiger partial charge >= 0.3 is 0 Å². The van der Waals surface area contributed by atoms with Gasteiger partial charge < -0.3 is 10.6 Å². The molecule has 1 saturated heterocycles. The van der Waals surface area contributed by atoms with Crippen LogP contribution in [0.4, 0.5) is 10.1 Å². The van der Waals surface area contributed by atoms with Crippen LogP contribution in [0.5, 0.6) is 0 Å². The zero-order valence-electron chi connectivity index (χ0n) is 9.30. The molecule has 1 aromatic carbocycles. The Balaban J connectivity index is 2.04. The molecule has 1 aliphatic rings. The fourth-order valence-electron chi connectivity index (χ4n) is 1.91. The number of anilines is 1. The van der Waals surface area contributed by atoms with Gasteiger partial charge in [0, 0.05) is 6.54 Å². The van der Waals surface area contributed by atoms with E-state index in [9.17, 15) is 9.18 Å². The minimum Gasteiger partial charge on any atom is -0.324 e. The van der Waals surface area contributed by atoms with E-state index in [1.54, 1.807) is 6.07 Å². The summed E-state index contributed by atoms with van der Waals surface area (Å²) in [7, 11) is 0. The summed E-state index contributed by atoms with van der Waals surface area (Å²) < 4.78 is 13.2. The molecule has 0 saturated carbocycles. The van der Waals surface area contributed by atoms with Crippen molar-refractivity contribution in [3.63, 3.8) is 0 Å². The van der Waals surface area contributed by atoms with Gasteiger partial charge in [-0.15, -0.1) is 0 Å². The van der Waals surface area contributed by atoms with Gasteiger partial charge in [-0.25, -0.2) is 4.39 Å². The Kier molecular flexibility index (Phi) is 3.97. The summed E-state index contributed by atoms with van der Waals surface area (Å²) in [5.74, 6) is -0.695. The van der Waals surface area contributed by atoms with Crippen molar-refractivity contribution in [2.75, 3.05) is 18.4 Å². The van der Waals surface area contributed by atoms with Crippen LogP contribution < -0.4 is 10.6 Å². The molecule has 3 nitrogen and oxygen atoms in total. The molecular weight excluding hydrogens is 243 g/mol. The predicted molar refractivity (Wildman–Crippen MR) is 65.6 cm³/mol. The van der Waals surface area contributed by atoms with E-state index in [4.69, 9.17) is 11.6 Å². The van der Waals surface area contributed by atoms with E-state index in [0.717, 1.165) is 19.4 Å². The number of carbonyl (C=O) groups excluding carboxylic acids is 1. The van der Waals surface area contributed by atoms with Crippen LogP contribution in [0.1, 0.15) is 12.8 Å². The third-order valence-corrected chi connectivity index (χ3v) is 3.26. The van der Waals surface area contributed by atoms with Crippen molar-refractivity contribution in [3.05, 3.63) is 29.0 Å². The molecule has 1 amide bonds. The molecule has 2 rings (SSSR count). The Labute approximate surface area is 104 Å². The molecule has 5 heteroatoms. The van der Waals surface area contributed by atoms with Gasteiger partial charge in [0.25, 0.3) is 0 Å². The van der Waals surface area contributed by atoms with Crippen molar-refractivity contribution in [2.45, 2.75) is 12.8 Å². The molecule has 1 fully saturated rings. The second-order valence-corrected chi connectivity index (χ2v) is 4.51. The monoisotopic (exact) mass is 256 g/mol. The summed E-state index contributed by atoms with van der Waals surface area (Å²) in [5, 5.41) is 5.79. The van der Waals surface area contributed by atoms with Crippen molar-refractivity contribution in [3.8, 4) is 0 Å². The third kappa shape index (κ3) is 2.96. The number of amides is 1. The topological polar surface area (TPSA) is 41.1 Å². The first-order valence-corrected chi connectivity index (χ1v) is 6.02. The van der Waals surface area contributed by atoms with E-state index in [2.05, 4.69) is 10.6 Å². The number of hydrogen-bond acceptors (Lipinski definition) is 2. The largest absolute Gasteiger partial charge is 0.324 e. The van der Waals surface area contributed by atoms with Gasteiger partial charge in [0.15, 0.2) is 0 Å². The van der Waals surface area contributed by atoms with Crippen LogP contribution >= 0.6 is 11.6 Å². The molecule has 0 bridgehead atoms. The molecule has 1 aromatic rings. The Morgan fingerprint density at radius 3 is 3.06 bits per heavy atom. The molecule has 0 aliphatic carbocycles. The summed E-state index contributed by atoms with van der Waals surface area (Å²) in [5.41, 5.74) is 0.335. The average Bonchev–Trinajstić information content (AvgIpc) is 2.36.